The molecule has 1 aliphatic rings. The van der Waals surface area contributed by atoms with Gasteiger partial charge in [-0.1, -0.05) is 48.5 Å². The zero-order chi connectivity index (χ0) is 20.4. The van der Waals surface area contributed by atoms with Gasteiger partial charge in [0.25, 0.3) is 0 Å². The number of alkyl halides is 2. The standard InChI is InChI=1S/C22H21F2N3O2/c23-17(21(28)15-6-2-1-3-7-15)14-20(24)26-12-10-16(11-13-26)27-19-9-5-4-8-18(19)25-22(27)29/h1-10,17,20H,11-14H2,(H,25,29). The van der Waals surface area contributed by atoms with Gasteiger partial charge in [-0.05, 0) is 12.1 Å². The first kappa shape index (κ1) is 19.3. The first-order valence-electron chi connectivity index (χ1n) is 9.55. The van der Waals surface area contributed by atoms with E-state index in [9.17, 15) is 18.4 Å². The summed E-state index contributed by atoms with van der Waals surface area (Å²) in [6, 6.07) is 15.5. The number of nitrogens with zero attached hydrogens (tertiary/aromatic N) is 2. The Morgan fingerprint density at radius 3 is 2.52 bits per heavy atom. The highest BCUT2D eigenvalue weighted by atomic mass is 19.1. The molecule has 7 heteroatoms. The van der Waals surface area contributed by atoms with Crippen LogP contribution in [-0.4, -0.2) is 45.8 Å². The fraction of sp³-hybridized carbons (Fsp3) is 0.273. The van der Waals surface area contributed by atoms with Crippen LogP contribution in [0.1, 0.15) is 23.2 Å². The van der Waals surface area contributed by atoms with Crippen LogP contribution in [0.25, 0.3) is 16.7 Å². The topological polar surface area (TPSA) is 58.1 Å². The van der Waals surface area contributed by atoms with E-state index in [-0.39, 0.29) is 17.8 Å². The summed E-state index contributed by atoms with van der Waals surface area (Å²) in [5.74, 6) is -0.702. The molecule has 0 radical (unpaired) electrons. The number of para-hydroxylation sites is 2. The molecule has 2 heterocycles. The van der Waals surface area contributed by atoms with E-state index < -0.39 is 24.7 Å². The van der Waals surface area contributed by atoms with Crippen molar-refractivity contribution in [1.82, 2.24) is 14.5 Å². The molecule has 150 valence electrons. The molecule has 2 unspecified atom stereocenters. The van der Waals surface area contributed by atoms with Crippen molar-refractivity contribution >= 4 is 22.5 Å². The molecule has 0 amide bonds. The lowest BCUT2D eigenvalue weighted by molar-refractivity contribution is 0.0526. The average molecular weight is 397 g/mol. The van der Waals surface area contributed by atoms with Gasteiger partial charge in [-0.2, -0.15) is 0 Å². The van der Waals surface area contributed by atoms with Gasteiger partial charge in [0.05, 0.1) is 11.0 Å². The number of carbonyl (C=O) groups is 1. The number of rotatable bonds is 6. The summed E-state index contributed by atoms with van der Waals surface area (Å²) in [6.07, 6.45) is -1.75. The van der Waals surface area contributed by atoms with Crippen LogP contribution in [0.2, 0.25) is 0 Å². The van der Waals surface area contributed by atoms with Crippen LogP contribution in [0.15, 0.2) is 65.5 Å². The lowest BCUT2D eigenvalue weighted by atomic mass is 10.0. The highest BCUT2D eigenvalue weighted by molar-refractivity contribution is 5.99. The minimum absolute atomic E-state index is 0.236. The fourth-order valence-corrected chi connectivity index (χ4v) is 3.68. The molecule has 2 aromatic carbocycles. The average Bonchev–Trinajstić information content (AvgIpc) is 3.09. The molecule has 0 bridgehead atoms. The second kappa shape index (κ2) is 8.13. The number of aromatic amines is 1. The number of benzene rings is 2. The van der Waals surface area contributed by atoms with Crippen molar-refractivity contribution in [2.45, 2.75) is 25.3 Å². The molecular formula is C22H21F2N3O2. The second-order valence-electron chi connectivity index (χ2n) is 7.09. The molecule has 1 aliphatic heterocycles. The van der Waals surface area contributed by atoms with Gasteiger partial charge in [-0.15, -0.1) is 0 Å². The predicted molar refractivity (Wildman–Crippen MR) is 108 cm³/mol. The van der Waals surface area contributed by atoms with Gasteiger partial charge in [-0.25, -0.2) is 13.6 Å². The molecular weight excluding hydrogens is 376 g/mol. The third-order valence-electron chi connectivity index (χ3n) is 5.23. The van der Waals surface area contributed by atoms with Crippen molar-refractivity contribution in [3.8, 4) is 0 Å². The molecule has 0 saturated heterocycles. The largest absolute Gasteiger partial charge is 0.330 e. The molecule has 0 saturated carbocycles. The third-order valence-corrected chi connectivity index (χ3v) is 5.23. The van der Waals surface area contributed by atoms with E-state index in [1.807, 2.05) is 24.3 Å². The van der Waals surface area contributed by atoms with Crippen LogP contribution >= 0.6 is 0 Å². The third kappa shape index (κ3) is 3.91. The Morgan fingerprint density at radius 2 is 1.79 bits per heavy atom. The van der Waals surface area contributed by atoms with Crippen LogP contribution in [0.3, 0.4) is 0 Å². The quantitative estimate of drug-likeness (QED) is 0.509. The monoisotopic (exact) mass is 397 g/mol. The van der Waals surface area contributed by atoms with Crippen molar-refractivity contribution in [1.29, 1.82) is 0 Å². The first-order valence-corrected chi connectivity index (χ1v) is 9.55. The van der Waals surface area contributed by atoms with Crippen LogP contribution < -0.4 is 5.69 Å². The van der Waals surface area contributed by atoms with E-state index in [4.69, 9.17) is 0 Å². The first-order chi connectivity index (χ1) is 14.0. The summed E-state index contributed by atoms with van der Waals surface area (Å²) in [5, 5.41) is 0. The van der Waals surface area contributed by atoms with Crippen LogP contribution in [-0.2, 0) is 0 Å². The van der Waals surface area contributed by atoms with Gasteiger partial charge >= 0.3 is 5.69 Å². The molecule has 5 nitrogen and oxygen atoms in total. The zero-order valence-electron chi connectivity index (χ0n) is 15.7. The number of nitrogens with one attached hydrogen (secondary N) is 1. The minimum atomic E-state index is -1.89. The summed E-state index contributed by atoms with van der Waals surface area (Å²) in [7, 11) is 0. The lowest BCUT2D eigenvalue weighted by Crippen LogP contribution is -2.39. The smallest absolute Gasteiger partial charge is 0.305 e. The number of ketones is 1. The van der Waals surface area contributed by atoms with Crippen molar-refractivity contribution in [3.05, 3.63) is 76.7 Å². The van der Waals surface area contributed by atoms with Gasteiger partial charge in [-0.3, -0.25) is 14.3 Å². The molecule has 2 atom stereocenters. The maximum atomic E-state index is 14.6. The highest BCUT2D eigenvalue weighted by Crippen LogP contribution is 2.23. The molecule has 0 aliphatic carbocycles. The number of H-pyrrole nitrogens is 1. The molecule has 0 fully saturated rings. The van der Waals surface area contributed by atoms with E-state index in [0.717, 1.165) is 16.7 Å². The van der Waals surface area contributed by atoms with Gasteiger partial charge < -0.3 is 4.98 Å². The zero-order valence-corrected chi connectivity index (χ0v) is 15.7. The Bertz CT molecular complexity index is 1100. The van der Waals surface area contributed by atoms with E-state index in [1.165, 1.54) is 17.0 Å². The van der Waals surface area contributed by atoms with Crippen LogP contribution in [0, 0.1) is 0 Å². The molecule has 29 heavy (non-hydrogen) atoms. The number of carbonyl (C=O) groups excluding carboxylic acids is 1. The summed E-state index contributed by atoms with van der Waals surface area (Å²) < 4.78 is 30.6. The Kier molecular flexibility index (Phi) is 5.40. The Labute approximate surface area is 166 Å². The van der Waals surface area contributed by atoms with Gasteiger partial charge in [0.2, 0.25) is 0 Å². The van der Waals surface area contributed by atoms with Gasteiger partial charge in [0.15, 0.2) is 18.3 Å². The van der Waals surface area contributed by atoms with Crippen molar-refractivity contribution in [3.63, 3.8) is 0 Å². The number of aromatic nitrogens is 2. The van der Waals surface area contributed by atoms with Gasteiger partial charge in [0.1, 0.15) is 0 Å². The van der Waals surface area contributed by atoms with E-state index in [1.54, 1.807) is 28.8 Å². The molecule has 1 N–H and O–H groups in total. The van der Waals surface area contributed by atoms with Crippen molar-refractivity contribution in [2.24, 2.45) is 0 Å². The van der Waals surface area contributed by atoms with E-state index >= 15 is 0 Å². The number of hydrogen-bond acceptors (Lipinski definition) is 3. The summed E-state index contributed by atoms with van der Waals surface area (Å²) in [5.41, 5.74) is 2.30. The van der Waals surface area contributed by atoms with E-state index in [0.29, 0.717) is 13.0 Å². The number of Topliss-reactive ketones (excluding diaryl/α,β-unsaturated/α-hetero) is 1. The number of halogens is 2. The highest BCUT2D eigenvalue weighted by Gasteiger charge is 2.28. The molecule has 3 aromatic rings. The Morgan fingerprint density at radius 1 is 1.07 bits per heavy atom. The number of fused-ring (bicyclic) bond motifs is 1. The fourth-order valence-electron chi connectivity index (χ4n) is 3.68. The number of imidazole rings is 1. The predicted octanol–water partition coefficient (Wildman–Crippen LogP) is 3.78. The van der Waals surface area contributed by atoms with Gasteiger partial charge in [0, 0.05) is 37.2 Å². The second-order valence-corrected chi connectivity index (χ2v) is 7.09. The maximum absolute atomic E-state index is 14.6. The van der Waals surface area contributed by atoms with Crippen molar-refractivity contribution in [2.75, 3.05) is 13.1 Å². The van der Waals surface area contributed by atoms with Crippen LogP contribution in [0.4, 0.5) is 8.78 Å². The molecule has 4 rings (SSSR count). The summed E-state index contributed by atoms with van der Waals surface area (Å²) in [4.78, 5) is 28.7. The SMILES string of the molecule is O=C(c1ccccc1)C(F)CC(F)N1CC=C(n2c(=O)[nH]c3ccccc32)CC1. The van der Waals surface area contributed by atoms with Crippen molar-refractivity contribution < 1.29 is 13.6 Å². The van der Waals surface area contributed by atoms with Crippen LogP contribution in [0.5, 0.6) is 0 Å². The van der Waals surface area contributed by atoms with E-state index in [2.05, 4.69) is 4.98 Å². The normalized spacial score (nSPS) is 17.1. The summed E-state index contributed by atoms with van der Waals surface area (Å²) in [6.45, 7) is 0.583. The molecule has 1 aromatic heterocycles. The molecule has 0 spiro atoms. The lowest BCUT2D eigenvalue weighted by Gasteiger charge is -2.29. The Hall–Kier alpha value is -3.06. The number of hydrogen-bond donors (Lipinski definition) is 1. The summed E-state index contributed by atoms with van der Waals surface area (Å²) >= 11 is 0. The minimum Gasteiger partial charge on any atom is -0.305 e. The maximum Gasteiger partial charge on any atom is 0.330 e. The Balaban J connectivity index is 1.43.